The van der Waals surface area contributed by atoms with Crippen LogP contribution in [0.1, 0.15) is 5.56 Å². The van der Waals surface area contributed by atoms with Gasteiger partial charge in [-0.05, 0) is 23.8 Å². The summed E-state index contributed by atoms with van der Waals surface area (Å²) in [4.78, 5) is -0.431. The van der Waals surface area contributed by atoms with E-state index in [-0.39, 0.29) is 11.1 Å². The van der Waals surface area contributed by atoms with Gasteiger partial charge in [-0.25, -0.2) is 0 Å². The quantitative estimate of drug-likeness (QED) is 0.862. The number of halogens is 3. The number of benzene rings is 2. The lowest BCUT2D eigenvalue weighted by Crippen LogP contribution is -2.05. The summed E-state index contributed by atoms with van der Waals surface area (Å²) in [6.45, 7) is 0. The van der Waals surface area contributed by atoms with Crippen molar-refractivity contribution in [2.24, 2.45) is 0 Å². The summed E-state index contributed by atoms with van der Waals surface area (Å²) in [6.07, 6.45) is -4.52. The Morgan fingerprint density at radius 3 is 2.20 bits per heavy atom. The zero-order valence-electron chi connectivity index (χ0n) is 9.92. The molecule has 20 heavy (non-hydrogen) atoms. The van der Waals surface area contributed by atoms with Crippen LogP contribution in [0.15, 0.2) is 53.4 Å². The van der Waals surface area contributed by atoms with E-state index < -0.39 is 26.8 Å². The van der Waals surface area contributed by atoms with Crippen LogP contribution in [0.4, 0.5) is 13.2 Å². The van der Waals surface area contributed by atoms with Gasteiger partial charge in [0.1, 0.15) is 4.90 Å². The average molecular weight is 302 g/mol. The molecule has 3 nitrogen and oxygen atoms in total. The Hall–Kier alpha value is -1.86. The van der Waals surface area contributed by atoms with Crippen molar-refractivity contribution in [2.75, 3.05) is 0 Å². The summed E-state index contributed by atoms with van der Waals surface area (Å²) >= 11 is 0. The summed E-state index contributed by atoms with van der Waals surface area (Å²) in [5.41, 5.74) is -0.811. The summed E-state index contributed by atoms with van der Waals surface area (Å²) in [7, 11) is -4.51. The largest absolute Gasteiger partial charge is 0.416 e. The fourth-order valence-corrected chi connectivity index (χ4v) is 2.51. The zero-order valence-corrected chi connectivity index (χ0v) is 10.7. The Balaban J connectivity index is 2.65. The van der Waals surface area contributed by atoms with Crippen molar-refractivity contribution in [1.82, 2.24) is 0 Å². The molecule has 0 atom stereocenters. The van der Waals surface area contributed by atoms with E-state index >= 15 is 0 Å². The van der Waals surface area contributed by atoms with Crippen molar-refractivity contribution in [3.8, 4) is 11.1 Å². The second-order valence-electron chi connectivity index (χ2n) is 4.05. The summed E-state index contributed by atoms with van der Waals surface area (Å²) in [5, 5.41) is 0. The van der Waals surface area contributed by atoms with Gasteiger partial charge >= 0.3 is 6.18 Å². The Morgan fingerprint density at radius 2 is 1.60 bits per heavy atom. The third-order valence-electron chi connectivity index (χ3n) is 2.67. The van der Waals surface area contributed by atoms with Crippen LogP contribution in [-0.2, 0) is 16.3 Å². The van der Waals surface area contributed by atoms with Crippen LogP contribution in [0.2, 0.25) is 0 Å². The van der Waals surface area contributed by atoms with E-state index in [1.165, 1.54) is 30.3 Å². The van der Waals surface area contributed by atoms with Crippen LogP contribution in [0.3, 0.4) is 0 Å². The van der Waals surface area contributed by atoms with Gasteiger partial charge in [-0.1, -0.05) is 30.3 Å². The molecule has 0 saturated carbocycles. The molecule has 0 aliphatic rings. The molecule has 0 bridgehead atoms. The van der Waals surface area contributed by atoms with E-state index in [0.29, 0.717) is 0 Å². The van der Waals surface area contributed by atoms with E-state index in [1.54, 1.807) is 0 Å². The van der Waals surface area contributed by atoms with Crippen LogP contribution >= 0.6 is 0 Å². The minimum absolute atomic E-state index is 0.0149. The maximum atomic E-state index is 12.7. The van der Waals surface area contributed by atoms with Gasteiger partial charge in [0.15, 0.2) is 0 Å². The van der Waals surface area contributed by atoms with Crippen molar-refractivity contribution < 1.29 is 26.1 Å². The van der Waals surface area contributed by atoms with Gasteiger partial charge in [0.25, 0.3) is 10.1 Å². The van der Waals surface area contributed by atoms with Crippen molar-refractivity contribution in [3.05, 3.63) is 54.1 Å². The van der Waals surface area contributed by atoms with Crippen LogP contribution in [0.5, 0.6) is 0 Å². The molecule has 0 heterocycles. The predicted molar refractivity (Wildman–Crippen MR) is 66.7 cm³/mol. The van der Waals surface area contributed by atoms with E-state index in [1.807, 2.05) is 0 Å². The van der Waals surface area contributed by atoms with E-state index in [9.17, 15) is 21.6 Å². The fraction of sp³-hybridized carbons (Fsp3) is 0.0769. The molecule has 0 fully saturated rings. The van der Waals surface area contributed by atoms with E-state index in [0.717, 1.165) is 18.2 Å². The van der Waals surface area contributed by atoms with Crippen molar-refractivity contribution in [3.63, 3.8) is 0 Å². The molecule has 1 N–H and O–H groups in total. The van der Waals surface area contributed by atoms with E-state index in [2.05, 4.69) is 0 Å². The molecule has 0 saturated heterocycles. The van der Waals surface area contributed by atoms with Gasteiger partial charge in [0, 0.05) is 5.56 Å². The fourth-order valence-electron chi connectivity index (χ4n) is 1.79. The molecule has 106 valence electrons. The lowest BCUT2D eigenvalue weighted by molar-refractivity contribution is -0.137. The summed E-state index contributed by atoms with van der Waals surface area (Å²) in [6, 6.07) is 9.57. The van der Waals surface area contributed by atoms with Crippen molar-refractivity contribution >= 4 is 10.1 Å². The van der Waals surface area contributed by atoms with Crippen LogP contribution in [0.25, 0.3) is 11.1 Å². The molecule has 0 radical (unpaired) electrons. The second-order valence-corrected chi connectivity index (χ2v) is 5.44. The maximum Gasteiger partial charge on any atom is 0.416 e. The monoisotopic (exact) mass is 302 g/mol. The summed E-state index contributed by atoms with van der Waals surface area (Å²) < 4.78 is 69.5. The topological polar surface area (TPSA) is 54.4 Å². The van der Waals surface area contributed by atoms with Gasteiger partial charge in [0.2, 0.25) is 0 Å². The molecular weight excluding hydrogens is 293 g/mol. The van der Waals surface area contributed by atoms with Gasteiger partial charge in [0.05, 0.1) is 5.56 Å². The molecule has 2 rings (SSSR count). The Labute approximate surface area is 113 Å². The van der Waals surface area contributed by atoms with Crippen molar-refractivity contribution in [2.45, 2.75) is 11.1 Å². The first-order chi connectivity index (χ1) is 9.19. The predicted octanol–water partition coefficient (Wildman–Crippen LogP) is 3.62. The minimum atomic E-state index is -4.52. The number of hydrogen-bond donors (Lipinski definition) is 1. The normalized spacial score (nSPS) is 12.4. The van der Waals surface area contributed by atoms with Crippen LogP contribution < -0.4 is 0 Å². The van der Waals surface area contributed by atoms with Gasteiger partial charge in [-0.3, -0.25) is 4.55 Å². The van der Waals surface area contributed by atoms with E-state index in [4.69, 9.17) is 4.55 Å². The molecule has 0 aliphatic heterocycles. The Kier molecular flexibility index (Phi) is 3.58. The highest BCUT2D eigenvalue weighted by Gasteiger charge is 2.30. The molecule has 7 heteroatoms. The number of alkyl halides is 3. The summed E-state index contributed by atoms with van der Waals surface area (Å²) in [5.74, 6) is 0. The highest BCUT2D eigenvalue weighted by atomic mass is 32.2. The standard InChI is InChI=1S/C13H9F3O3S/c14-13(15,16)10-5-3-4-9(8-10)11-6-1-2-7-12(11)20(17,18)19/h1-8H,(H,17,18,19). The number of hydrogen-bond acceptors (Lipinski definition) is 2. The third-order valence-corrected chi connectivity index (χ3v) is 3.58. The molecule has 2 aromatic carbocycles. The van der Waals surface area contributed by atoms with Crippen LogP contribution in [0, 0.1) is 0 Å². The number of rotatable bonds is 2. The molecule has 2 aromatic rings. The lowest BCUT2D eigenvalue weighted by Gasteiger charge is -2.10. The first-order valence-corrected chi connectivity index (χ1v) is 6.88. The average Bonchev–Trinajstić information content (AvgIpc) is 2.37. The Bertz CT molecular complexity index is 737. The highest BCUT2D eigenvalue weighted by molar-refractivity contribution is 7.86. The zero-order chi connectivity index (χ0) is 15.0. The molecule has 0 unspecified atom stereocenters. The van der Waals surface area contributed by atoms with Crippen molar-refractivity contribution in [1.29, 1.82) is 0 Å². The van der Waals surface area contributed by atoms with Crippen LogP contribution in [-0.4, -0.2) is 13.0 Å². The van der Waals surface area contributed by atoms with Gasteiger partial charge in [-0.15, -0.1) is 0 Å². The van der Waals surface area contributed by atoms with Gasteiger partial charge in [-0.2, -0.15) is 21.6 Å². The first-order valence-electron chi connectivity index (χ1n) is 5.44. The molecule has 0 amide bonds. The third kappa shape index (κ3) is 3.00. The second kappa shape index (κ2) is 4.92. The first kappa shape index (κ1) is 14.5. The maximum absolute atomic E-state index is 12.7. The smallest absolute Gasteiger partial charge is 0.282 e. The van der Waals surface area contributed by atoms with Gasteiger partial charge < -0.3 is 0 Å². The highest BCUT2D eigenvalue weighted by Crippen LogP contribution is 2.34. The molecule has 0 aromatic heterocycles. The SMILES string of the molecule is O=S(=O)(O)c1ccccc1-c1cccc(C(F)(F)F)c1. The molecule has 0 aliphatic carbocycles. The lowest BCUT2D eigenvalue weighted by atomic mass is 10.0. The minimum Gasteiger partial charge on any atom is -0.282 e. The Morgan fingerprint density at radius 1 is 0.950 bits per heavy atom. The molecular formula is C13H9F3O3S. The molecule has 0 spiro atoms.